The van der Waals surface area contributed by atoms with E-state index in [4.69, 9.17) is 14.6 Å². The summed E-state index contributed by atoms with van der Waals surface area (Å²) in [6, 6.07) is 0.742. The van der Waals surface area contributed by atoms with Crippen molar-refractivity contribution < 1.29 is 9.47 Å². The molecule has 0 amide bonds. The molecule has 1 aliphatic carbocycles. The van der Waals surface area contributed by atoms with Crippen LogP contribution in [0.15, 0.2) is 6.20 Å². The Bertz CT molecular complexity index is 556. The summed E-state index contributed by atoms with van der Waals surface area (Å²) < 4.78 is 13.6. The predicted molar refractivity (Wildman–Crippen MR) is 101 cm³/mol. The van der Waals surface area contributed by atoms with E-state index in [0.717, 1.165) is 51.9 Å². The molecule has 3 heterocycles. The molecular weight excluding hydrogens is 328 g/mol. The first-order valence-corrected chi connectivity index (χ1v) is 10.5. The van der Waals surface area contributed by atoms with E-state index in [0.29, 0.717) is 5.92 Å². The van der Waals surface area contributed by atoms with E-state index in [9.17, 15) is 0 Å². The summed E-state index contributed by atoms with van der Waals surface area (Å²) in [6.07, 6.45) is 11.0. The fourth-order valence-electron chi connectivity index (χ4n) is 4.85. The Morgan fingerprint density at radius 2 is 1.88 bits per heavy atom. The van der Waals surface area contributed by atoms with Gasteiger partial charge in [0.25, 0.3) is 0 Å². The van der Waals surface area contributed by atoms with Crippen LogP contribution in [-0.2, 0) is 16.0 Å². The number of nitrogens with one attached hydrogen (secondary N) is 1. The lowest BCUT2D eigenvalue weighted by Crippen LogP contribution is -2.44. The van der Waals surface area contributed by atoms with E-state index in [-0.39, 0.29) is 6.23 Å². The number of hydrogen-bond donors (Lipinski definition) is 1. The predicted octanol–water partition coefficient (Wildman–Crippen LogP) is 2.66. The number of aromatic nitrogens is 2. The number of morpholine rings is 1. The fraction of sp³-hybridized carbons (Fsp3) is 0.850. The first-order chi connectivity index (χ1) is 12.8. The zero-order valence-corrected chi connectivity index (χ0v) is 16.2. The molecule has 1 atom stereocenters. The molecule has 1 saturated carbocycles. The van der Waals surface area contributed by atoms with Gasteiger partial charge in [-0.1, -0.05) is 0 Å². The molecule has 0 bridgehead atoms. The van der Waals surface area contributed by atoms with Gasteiger partial charge >= 0.3 is 0 Å². The largest absolute Gasteiger partial charge is 0.379 e. The van der Waals surface area contributed by atoms with Crippen LogP contribution in [-0.4, -0.2) is 60.7 Å². The molecule has 1 aromatic heterocycles. The minimum absolute atomic E-state index is 0.137. The lowest BCUT2D eigenvalue weighted by Gasteiger charge is -2.38. The van der Waals surface area contributed by atoms with Gasteiger partial charge in [0.05, 0.1) is 18.9 Å². The Hall–Kier alpha value is -0.950. The summed E-state index contributed by atoms with van der Waals surface area (Å²) in [4.78, 5) is 2.64. The SMILES string of the molecule is CNCc1cn(C2CCCCO2)nc1C1CCC(N2CCOCC2)CC1. The van der Waals surface area contributed by atoms with E-state index in [1.807, 2.05) is 7.05 Å². The Morgan fingerprint density at radius 1 is 1.08 bits per heavy atom. The van der Waals surface area contributed by atoms with Crippen molar-refractivity contribution in [3.63, 3.8) is 0 Å². The minimum Gasteiger partial charge on any atom is -0.379 e. The van der Waals surface area contributed by atoms with Crippen molar-refractivity contribution in [2.24, 2.45) is 0 Å². The quantitative estimate of drug-likeness (QED) is 0.873. The fourth-order valence-corrected chi connectivity index (χ4v) is 4.85. The van der Waals surface area contributed by atoms with Crippen LogP contribution in [0.2, 0.25) is 0 Å². The Labute approximate surface area is 157 Å². The van der Waals surface area contributed by atoms with Crippen LogP contribution in [0.4, 0.5) is 0 Å². The maximum absolute atomic E-state index is 5.96. The van der Waals surface area contributed by atoms with Crippen molar-refractivity contribution >= 4 is 0 Å². The molecule has 1 N–H and O–H groups in total. The van der Waals surface area contributed by atoms with Crippen molar-refractivity contribution in [2.75, 3.05) is 40.0 Å². The average Bonchev–Trinajstić information content (AvgIpc) is 3.14. The normalized spacial score (nSPS) is 31.2. The summed E-state index contributed by atoms with van der Waals surface area (Å²) in [5, 5.41) is 8.36. The van der Waals surface area contributed by atoms with Gasteiger partial charge in [-0.25, -0.2) is 4.68 Å². The lowest BCUT2D eigenvalue weighted by atomic mass is 9.82. The van der Waals surface area contributed by atoms with E-state index in [2.05, 4.69) is 21.1 Å². The number of ether oxygens (including phenoxy) is 2. The molecule has 3 aliphatic rings. The van der Waals surface area contributed by atoms with Gasteiger partial charge in [-0.05, 0) is 52.0 Å². The highest BCUT2D eigenvalue weighted by molar-refractivity contribution is 5.22. The van der Waals surface area contributed by atoms with Crippen molar-refractivity contribution in [1.29, 1.82) is 0 Å². The van der Waals surface area contributed by atoms with Crippen LogP contribution in [0.1, 0.15) is 68.3 Å². The molecule has 0 spiro atoms. The van der Waals surface area contributed by atoms with Gasteiger partial charge in [0.2, 0.25) is 0 Å². The standard InChI is InChI=1S/C20H34N4O2/c1-21-14-17-15-24(19-4-2-3-11-26-19)22-20(17)16-5-7-18(8-6-16)23-9-12-25-13-10-23/h15-16,18-19,21H,2-14H2,1H3. The summed E-state index contributed by atoms with van der Waals surface area (Å²) in [7, 11) is 2.02. The highest BCUT2D eigenvalue weighted by Gasteiger charge is 2.30. The van der Waals surface area contributed by atoms with Crippen LogP contribution in [0.25, 0.3) is 0 Å². The second-order valence-electron chi connectivity index (χ2n) is 8.02. The third kappa shape index (κ3) is 4.14. The summed E-state index contributed by atoms with van der Waals surface area (Å²) in [5.41, 5.74) is 2.67. The van der Waals surface area contributed by atoms with Crippen molar-refractivity contribution in [3.8, 4) is 0 Å². The monoisotopic (exact) mass is 362 g/mol. The summed E-state index contributed by atoms with van der Waals surface area (Å²) in [5.74, 6) is 0.598. The summed E-state index contributed by atoms with van der Waals surface area (Å²) in [6.45, 7) is 5.77. The first-order valence-electron chi connectivity index (χ1n) is 10.5. The van der Waals surface area contributed by atoms with Crippen LogP contribution >= 0.6 is 0 Å². The van der Waals surface area contributed by atoms with Gasteiger partial charge in [-0.3, -0.25) is 4.90 Å². The average molecular weight is 363 g/mol. The lowest BCUT2D eigenvalue weighted by molar-refractivity contribution is -0.0398. The molecule has 146 valence electrons. The molecule has 2 saturated heterocycles. The molecule has 1 aromatic rings. The number of nitrogens with zero attached hydrogens (tertiary/aromatic N) is 3. The van der Waals surface area contributed by atoms with Gasteiger partial charge in [-0.15, -0.1) is 0 Å². The molecule has 1 unspecified atom stereocenters. The maximum Gasteiger partial charge on any atom is 0.150 e. The molecular formula is C20H34N4O2. The van der Waals surface area contributed by atoms with Crippen molar-refractivity contribution in [2.45, 2.75) is 69.7 Å². The first kappa shape index (κ1) is 18.4. The molecule has 4 rings (SSSR count). The second kappa shape index (κ2) is 8.83. The smallest absolute Gasteiger partial charge is 0.150 e. The second-order valence-corrected chi connectivity index (χ2v) is 8.02. The van der Waals surface area contributed by atoms with Crippen LogP contribution in [0, 0.1) is 0 Å². The van der Waals surface area contributed by atoms with Crippen LogP contribution in [0.3, 0.4) is 0 Å². The minimum atomic E-state index is 0.137. The molecule has 6 heteroatoms. The molecule has 0 aromatic carbocycles. The third-order valence-electron chi connectivity index (χ3n) is 6.30. The van der Waals surface area contributed by atoms with Crippen LogP contribution in [0.5, 0.6) is 0 Å². The van der Waals surface area contributed by atoms with Gasteiger partial charge in [0.1, 0.15) is 6.23 Å². The van der Waals surface area contributed by atoms with Crippen molar-refractivity contribution in [3.05, 3.63) is 17.5 Å². The zero-order chi connectivity index (χ0) is 17.8. The van der Waals surface area contributed by atoms with E-state index < -0.39 is 0 Å². The topological polar surface area (TPSA) is 51.5 Å². The molecule has 2 aliphatic heterocycles. The molecule has 3 fully saturated rings. The Morgan fingerprint density at radius 3 is 2.58 bits per heavy atom. The van der Waals surface area contributed by atoms with Gasteiger partial charge in [0, 0.05) is 50.0 Å². The highest BCUT2D eigenvalue weighted by atomic mass is 16.5. The number of hydrogen-bond acceptors (Lipinski definition) is 5. The third-order valence-corrected chi connectivity index (χ3v) is 6.30. The van der Waals surface area contributed by atoms with E-state index in [1.165, 1.54) is 49.8 Å². The molecule has 26 heavy (non-hydrogen) atoms. The number of rotatable bonds is 5. The van der Waals surface area contributed by atoms with Gasteiger partial charge in [-0.2, -0.15) is 5.10 Å². The van der Waals surface area contributed by atoms with Gasteiger partial charge < -0.3 is 14.8 Å². The van der Waals surface area contributed by atoms with Crippen molar-refractivity contribution in [1.82, 2.24) is 20.0 Å². The summed E-state index contributed by atoms with van der Waals surface area (Å²) >= 11 is 0. The highest BCUT2D eigenvalue weighted by Crippen LogP contribution is 2.36. The van der Waals surface area contributed by atoms with Gasteiger partial charge in [0.15, 0.2) is 0 Å². The van der Waals surface area contributed by atoms with E-state index >= 15 is 0 Å². The Kier molecular flexibility index (Phi) is 6.25. The Balaban J connectivity index is 1.42. The van der Waals surface area contributed by atoms with Crippen LogP contribution < -0.4 is 5.32 Å². The molecule has 0 radical (unpaired) electrons. The zero-order valence-electron chi connectivity index (χ0n) is 16.2. The maximum atomic E-state index is 5.96. The molecule has 6 nitrogen and oxygen atoms in total. The van der Waals surface area contributed by atoms with E-state index in [1.54, 1.807) is 0 Å².